The van der Waals surface area contributed by atoms with Gasteiger partial charge in [0.2, 0.25) is 5.91 Å². The smallest absolute Gasteiger partial charge is 0.220 e. The predicted molar refractivity (Wildman–Crippen MR) is 124 cm³/mol. The van der Waals surface area contributed by atoms with E-state index < -0.39 is 0 Å². The fourth-order valence-electron chi connectivity index (χ4n) is 3.51. The number of halogens is 1. The maximum Gasteiger partial charge on any atom is 0.220 e. The zero-order chi connectivity index (χ0) is 23.9. The number of benzene rings is 2. The second-order valence-electron chi connectivity index (χ2n) is 7.64. The van der Waals surface area contributed by atoms with Crippen LogP contribution >= 0.6 is 0 Å². The molecule has 3 N–H and O–H groups in total. The lowest BCUT2D eigenvalue weighted by Gasteiger charge is -2.04. The van der Waals surface area contributed by atoms with Crippen molar-refractivity contribution in [1.82, 2.24) is 20.1 Å². The second-order valence-corrected chi connectivity index (χ2v) is 7.64. The van der Waals surface area contributed by atoms with Crippen LogP contribution < -0.4 is 11.1 Å². The predicted octanol–water partition coefficient (Wildman–Crippen LogP) is 3.80. The molecule has 0 aliphatic carbocycles. The SMILES string of the molecule is N#Cc1c(CCCNC(=O)CCc2ncc(-c3ccccc3)o2)nn(-c2ccc(F)cc2)c1N. The van der Waals surface area contributed by atoms with Crippen molar-refractivity contribution in [1.29, 1.82) is 5.26 Å². The van der Waals surface area contributed by atoms with Crippen molar-refractivity contribution in [3.05, 3.63) is 83.8 Å². The number of nitrogens with two attached hydrogens (primary N) is 1. The van der Waals surface area contributed by atoms with Crippen LogP contribution in [0.4, 0.5) is 10.2 Å². The third kappa shape index (κ3) is 5.30. The van der Waals surface area contributed by atoms with E-state index in [0.29, 0.717) is 48.8 Å². The van der Waals surface area contributed by atoms with Crippen LogP contribution in [0.25, 0.3) is 17.0 Å². The lowest BCUT2D eigenvalue weighted by molar-refractivity contribution is -0.121. The first kappa shape index (κ1) is 22.7. The Bertz CT molecular complexity index is 1310. The molecule has 2 aromatic carbocycles. The average molecular weight is 458 g/mol. The highest BCUT2D eigenvalue weighted by molar-refractivity contribution is 5.76. The van der Waals surface area contributed by atoms with E-state index in [9.17, 15) is 14.4 Å². The number of nitriles is 1. The largest absolute Gasteiger partial charge is 0.441 e. The molecule has 0 spiro atoms. The number of nitrogen functional groups attached to an aromatic ring is 1. The Kier molecular flexibility index (Phi) is 6.98. The van der Waals surface area contributed by atoms with E-state index in [-0.39, 0.29) is 29.5 Å². The lowest BCUT2D eigenvalue weighted by atomic mass is 10.1. The number of aromatic nitrogens is 3. The van der Waals surface area contributed by atoms with Gasteiger partial charge in [-0.25, -0.2) is 14.1 Å². The fraction of sp³-hybridized carbons (Fsp3) is 0.200. The Labute approximate surface area is 195 Å². The standard InChI is InChI=1S/C25H23FN6O2/c26-18-8-10-19(11-9-18)32-25(28)20(15-27)21(31-32)7-4-14-29-23(33)12-13-24-30-16-22(34-24)17-5-2-1-3-6-17/h1-3,5-6,8-11,16H,4,7,12-14,28H2,(H,29,33). The normalized spacial score (nSPS) is 10.7. The summed E-state index contributed by atoms with van der Waals surface area (Å²) in [5.74, 6) is 0.897. The fourth-order valence-corrected chi connectivity index (χ4v) is 3.51. The molecule has 172 valence electrons. The number of nitrogens with zero attached hydrogens (tertiary/aromatic N) is 4. The van der Waals surface area contributed by atoms with Crippen LogP contribution in [-0.2, 0) is 17.6 Å². The van der Waals surface area contributed by atoms with Gasteiger partial charge in [-0.3, -0.25) is 4.79 Å². The summed E-state index contributed by atoms with van der Waals surface area (Å²) in [5.41, 5.74) is 8.39. The summed E-state index contributed by atoms with van der Waals surface area (Å²) >= 11 is 0. The van der Waals surface area contributed by atoms with Crippen molar-refractivity contribution in [2.24, 2.45) is 0 Å². The van der Waals surface area contributed by atoms with E-state index in [1.165, 1.54) is 16.8 Å². The van der Waals surface area contributed by atoms with Crippen molar-refractivity contribution < 1.29 is 13.6 Å². The van der Waals surface area contributed by atoms with E-state index in [2.05, 4.69) is 21.5 Å². The Morgan fingerprint density at radius 2 is 1.91 bits per heavy atom. The van der Waals surface area contributed by atoms with E-state index in [1.54, 1.807) is 18.3 Å². The van der Waals surface area contributed by atoms with Crippen molar-refractivity contribution in [2.75, 3.05) is 12.3 Å². The number of oxazole rings is 1. The third-order valence-electron chi connectivity index (χ3n) is 5.27. The van der Waals surface area contributed by atoms with Crippen molar-refractivity contribution in [3.63, 3.8) is 0 Å². The molecule has 4 aromatic rings. The summed E-state index contributed by atoms with van der Waals surface area (Å²) in [4.78, 5) is 16.4. The molecule has 0 radical (unpaired) electrons. The number of amides is 1. The Morgan fingerprint density at radius 1 is 1.15 bits per heavy atom. The third-order valence-corrected chi connectivity index (χ3v) is 5.27. The van der Waals surface area contributed by atoms with Crippen LogP contribution in [0.1, 0.15) is 30.0 Å². The molecule has 1 amide bonds. The van der Waals surface area contributed by atoms with Gasteiger partial charge in [-0.1, -0.05) is 30.3 Å². The minimum atomic E-state index is -0.370. The van der Waals surface area contributed by atoms with Crippen LogP contribution in [0, 0.1) is 17.1 Å². The Morgan fingerprint density at radius 3 is 2.65 bits per heavy atom. The van der Waals surface area contributed by atoms with Gasteiger partial charge in [0.1, 0.15) is 23.3 Å². The molecule has 0 unspecified atom stereocenters. The molecule has 34 heavy (non-hydrogen) atoms. The van der Waals surface area contributed by atoms with Crippen LogP contribution in [0.3, 0.4) is 0 Å². The van der Waals surface area contributed by atoms with E-state index in [4.69, 9.17) is 10.2 Å². The minimum Gasteiger partial charge on any atom is -0.441 e. The van der Waals surface area contributed by atoms with Gasteiger partial charge in [0.25, 0.3) is 0 Å². The van der Waals surface area contributed by atoms with E-state index in [0.717, 1.165) is 5.56 Å². The minimum absolute atomic E-state index is 0.115. The number of rotatable bonds is 9. The summed E-state index contributed by atoms with van der Waals surface area (Å²) in [6.07, 6.45) is 3.35. The monoisotopic (exact) mass is 458 g/mol. The molecule has 0 saturated heterocycles. The van der Waals surface area contributed by atoms with Crippen LogP contribution in [0.5, 0.6) is 0 Å². The number of carbonyl (C=O) groups is 1. The molecule has 0 saturated carbocycles. The highest BCUT2D eigenvalue weighted by Crippen LogP contribution is 2.22. The van der Waals surface area contributed by atoms with Gasteiger partial charge in [-0.2, -0.15) is 10.4 Å². The molecular weight excluding hydrogens is 435 g/mol. The Balaban J connectivity index is 1.25. The summed E-state index contributed by atoms with van der Waals surface area (Å²) in [6, 6.07) is 17.4. The molecule has 4 rings (SSSR count). The van der Waals surface area contributed by atoms with Crippen LogP contribution in [-0.4, -0.2) is 27.2 Å². The number of hydrogen-bond donors (Lipinski definition) is 2. The van der Waals surface area contributed by atoms with Crippen molar-refractivity contribution in [3.8, 4) is 23.1 Å². The van der Waals surface area contributed by atoms with Gasteiger partial charge in [0.15, 0.2) is 11.7 Å². The number of carbonyl (C=O) groups excluding carboxylic acids is 1. The zero-order valence-electron chi connectivity index (χ0n) is 18.4. The molecule has 0 fully saturated rings. The first-order valence-corrected chi connectivity index (χ1v) is 10.9. The molecule has 0 aliphatic rings. The second kappa shape index (κ2) is 10.4. The van der Waals surface area contributed by atoms with E-state index in [1.807, 2.05) is 30.3 Å². The number of anilines is 1. The van der Waals surface area contributed by atoms with Gasteiger partial charge in [-0.15, -0.1) is 0 Å². The van der Waals surface area contributed by atoms with Crippen LogP contribution in [0.15, 0.2) is 65.2 Å². The topological polar surface area (TPSA) is 123 Å². The van der Waals surface area contributed by atoms with Crippen molar-refractivity contribution in [2.45, 2.75) is 25.7 Å². The number of aryl methyl sites for hydroxylation is 2. The van der Waals surface area contributed by atoms with Crippen molar-refractivity contribution >= 4 is 11.7 Å². The molecule has 0 atom stereocenters. The lowest BCUT2D eigenvalue weighted by Crippen LogP contribution is -2.25. The van der Waals surface area contributed by atoms with E-state index >= 15 is 0 Å². The molecule has 0 bridgehead atoms. The molecular formula is C25H23FN6O2. The maximum absolute atomic E-state index is 13.2. The summed E-state index contributed by atoms with van der Waals surface area (Å²) < 4.78 is 20.3. The quantitative estimate of drug-likeness (QED) is 0.368. The zero-order valence-corrected chi connectivity index (χ0v) is 18.4. The van der Waals surface area contributed by atoms with Gasteiger partial charge in [0.05, 0.1) is 17.6 Å². The van der Waals surface area contributed by atoms with Gasteiger partial charge in [-0.05, 0) is 37.1 Å². The first-order valence-electron chi connectivity index (χ1n) is 10.9. The summed E-state index contributed by atoms with van der Waals surface area (Å²) in [6.45, 7) is 0.424. The van der Waals surface area contributed by atoms with Crippen LogP contribution in [0.2, 0.25) is 0 Å². The Hall–Kier alpha value is -4.45. The number of hydrogen-bond acceptors (Lipinski definition) is 6. The van der Waals surface area contributed by atoms with Gasteiger partial charge >= 0.3 is 0 Å². The number of nitrogens with one attached hydrogen (secondary N) is 1. The molecule has 2 aromatic heterocycles. The highest BCUT2D eigenvalue weighted by Gasteiger charge is 2.16. The maximum atomic E-state index is 13.2. The molecule has 9 heteroatoms. The average Bonchev–Trinajstić information content (AvgIpc) is 3.46. The molecule has 2 heterocycles. The van der Waals surface area contributed by atoms with Gasteiger partial charge in [0, 0.05) is 24.9 Å². The highest BCUT2D eigenvalue weighted by atomic mass is 19.1. The molecule has 0 aliphatic heterocycles. The van der Waals surface area contributed by atoms with Gasteiger partial charge < -0.3 is 15.5 Å². The molecule has 8 nitrogen and oxygen atoms in total. The summed E-state index contributed by atoms with van der Waals surface area (Å²) in [5, 5.41) is 16.7. The first-order chi connectivity index (χ1) is 16.5. The summed E-state index contributed by atoms with van der Waals surface area (Å²) in [7, 11) is 0.